The molecule has 0 aliphatic heterocycles. The molecule has 1 atom stereocenters. The first-order valence-electron chi connectivity index (χ1n) is 5.26. The van der Waals surface area contributed by atoms with E-state index in [9.17, 15) is 9.50 Å². The highest BCUT2D eigenvalue weighted by Crippen LogP contribution is 2.29. The molecule has 0 bridgehead atoms. The Kier molecular flexibility index (Phi) is 5.25. The molecule has 0 aliphatic carbocycles. The van der Waals surface area contributed by atoms with Crippen LogP contribution in [0.4, 0.5) is 4.39 Å². The summed E-state index contributed by atoms with van der Waals surface area (Å²) in [7, 11) is 3.97. The minimum absolute atomic E-state index is 0.248. The van der Waals surface area contributed by atoms with Crippen LogP contribution in [0.5, 0.6) is 0 Å². The number of hydrogen-bond donors (Lipinski definition) is 1. The fourth-order valence-corrected chi connectivity index (χ4v) is 2.61. The maximum atomic E-state index is 13.6. The summed E-state index contributed by atoms with van der Waals surface area (Å²) in [6.07, 6.45) is -0.627. The Balaban J connectivity index is 2.76. The minimum atomic E-state index is -0.627. The zero-order chi connectivity index (χ0) is 12.1. The standard InChI is InChI=1S/C12H18FNOS/c1-9(15)10-5-4-6-11(13)12(10)16-8-7-14(2)3/h4-6,9,15H,7-8H2,1-3H3/t9-/m1/s1. The highest BCUT2D eigenvalue weighted by Gasteiger charge is 2.12. The van der Waals surface area contributed by atoms with Gasteiger partial charge >= 0.3 is 0 Å². The lowest BCUT2D eigenvalue weighted by Crippen LogP contribution is -2.15. The van der Waals surface area contributed by atoms with Gasteiger partial charge in [-0.1, -0.05) is 12.1 Å². The summed E-state index contributed by atoms with van der Waals surface area (Å²) in [4.78, 5) is 2.62. The van der Waals surface area contributed by atoms with Crippen LogP contribution in [-0.2, 0) is 0 Å². The molecule has 0 saturated carbocycles. The number of aliphatic hydroxyl groups is 1. The molecule has 0 unspecified atom stereocenters. The SMILES string of the molecule is C[C@@H](O)c1cccc(F)c1SCCN(C)C. The van der Waals surface area contributed by atoms with Crippen molar-refractivity contribution in [3.05, 3.63) is 29.6 Å². The molecule has 0 spiro atoms. The van der Waals surface area contributed by atoms with Gasteiger partial charge in [0, 0.05) is 17.2 Å². The molecule has 1 rings (SSSR count). The Morgan fingerprint density at radius 1 is 1.44 bits per heavy atom. The molecule has 0 heterocycles. The third-order valence-corrected chi connectivity index (χ3v) is 3.34. The van der Waals surface area contributed by atoms with Crippen LogP contribution in [0.2, 0.25) is 0 Å². The number of nitrogens with zero attached hydrogens (tertiary/aromatic N) is 1. The van der Waals surface area contributed by atoms with Gasteiger partial charge in [-0.05, 0) is 32.6 Å². The lowest BCUT2D eigenvalue weighted by Gasteiger charge is -2.14. The van der Waals surface area contributed by atoms with Crippen LogP contribution in [0.1, 0.15) is 18.6 Å². The lowest BCUT2D eigenvalue weighted by atomic mass is 10.1. The average molecular weight is 243 g/mol. The van der Waals surface area contributed by atoms with Crippen molar-refractivity contribution in [3.63, 3.8) is 0 Å². The van der Waals surface area contributed by atoms with Crippen molar-refractivity contribution >= 4 is 11.8 Å². The van der Waals surface area contributed by atoms with Crippen molar-refractivity contribution in [3.8, 4) is 0 Å². The topological polar surface area (TPSA) is 23.5 Å². The Bertz CT molecular complexity index is 342. The van der Waals surface area contributed by atoms with Crippen LogP contribution in [0, 0.1) is 5.82 Å². The van der Waals surface area contributed by atoms with Crippen molar-refractivity contribution in [1.29, 1.82) is 0 Å². The number of aliphatic hydroxyl groups excluding tert-OH is 1. The fourth-order valence-electron chi connectivity index (χ4n) is 1.34. The van der Waals surface area contributed by atoms with Gasteiger partial charge in [0.15, 0.2) is 0 Å². The molecule has 0 amide bonds. The van der Waals surface area contributed by atoms with E-state index in [0.29, 0.717) is 10.5 Å². The first kappa shape index (κ1) is 13.5. The molecule has 0 aliphatic rings. The first-order chi connectivity index (χ1) is 7.52. The van der Waals surface area contributed by atoms with Gasteiger partial charge < -0.3 is 10.0 Å². The minimum Gasteiger partial charge on any atom is -0.389 e. The Morgan fingerprint density at radius 2 is 2.12 bits per heavy atom. The number of thioether (sulfide) groups is 1. The van der Waals surface area contributed by atoms with E-state index < -0.39 is 6.10 Å². The monoisotopic (exact) mass is 243 g/mol. The van der Waals surface area contributed by atoms with Gasteiger partial charge in [-0.2, -0.15) is 0 Å². The van der Waals surface area contributed by atoms with Crippen LogP contribution in [-0.4, -0.2) is 36.4 Å². The molecule has 2 nitrogen and oxygen atoms in total. The third-order valence-electron chi connectivity index (χ3n) is 2.23. The van der Waals surface area contributed by atoms with E-state index in [1.807, 2.05) is 14.1 Å². The lowest BCUT2D eigenvalue weighted by molar-refractivity contribution is 0.195. The van der Waals surface area contributed by atoms with Gasteiger partial charge in [-0.3, -0.25) is 0 Å². The first-order valence-corrected chi connectivity index (χ1v) is 6.25. The summed E-state index contributed by atoms with van der Waals surface area (Å²) in [6, 6.07) is 4.84. The van der Waals surface area contributed by atoms with E-state index in [4.69, 9.17) is 0 Å². The highest BCUT2D eigenvalue weighted by atomic mass is 32.2. The van der Waals surface area contributed by atoms with Gasteiger partial charge in [-0.25, -0.2) is 4.39 Å². The normalized spacial score (nSPS) is 13.1. The van der Waals surface area contributed by atoms with Crippen LogP contribution >= 0.6 is 11.8 Å². The molecule has 0 saturated heterocycles. The van der Waals surface area contributed by atoms with Gasteiger partial charge in [-0.15, -0.1) is 11.8 Å². The van der Waals surface area contributed by atoms with Crippen LogP contribution < -0.4 is 0 Å². The number of benzene rings is 1. The van der Waals surface area contributed by atoms with Crippen molar-refractivity contribution in [2.24, 2.45) is 0 Å². The number of hydrogen-bond acceptors (Lipinski definition) is 3. The summed E-state index contributed by atoms with van der Waals surface area (Å²) >= 11 is 1.45. The van der Waals surface area contributed by atoms with Gasteiger partial charge in [0.2, 0.25) is 0 Å². The summed E-state index contributed by atoms with van der Waals surface area (Å²) in [6.45, 7) is 2.54. The number of rotatable bonds is 5. The van der Waals surface area contributed by atoms with Crippen molar-refractivity contribution < 1.29 is 9.50 Å². The van der Waals surface area contributed by atoms with Gasteiger partial charge in [0.1, 0.15) is 5.82 Å². The molecule has 1 N–H and O–H groups in total. The van der Waals surface area contributed by atoms with Gasteiger partial charge in [0.05, 0.1) is 6.10 Å². The van der Waals surface area contributed by atoms with E-state index in [-0.39, 0.29) is 5.82 Å². The smallest absolute Gasteiger partial charge is 0.137 e. The second kappa shape index (κ2) is 6.23. The molecule has 4 heteroatoms. The summed E-state index contributed by atoms with van der Waals surface area (Å²) < 4.78 is 13.6. The fraction of sp³-hybridized carbons (Fsp3) is 0.500. The van der Waals surface area contributed by atoms with E-state index in [1.165, 1.54) is 17.8 Å². The molecular weight excluding hydrogens is 225 g/mol. The Hall–Kier alpha value is -0.580. The molecule has 1 aromatic rings. The summed E-state index contributed by atoms with van der Waals surface area (Å²) in [5.74, 6) is 0.565. The third kappa shape index (κ3) is 3.77. The highest BCUT2D eigenvalue weighted by molar-refractivity contribution is 7.99. The largest absolute Gasteiger partial charge is 0.389 e. The van der Waals surface area contributed by atoms with Crippen molar-refractivity contribution in [1.82, 2.24) is 4.90 Å². The molecule has 16 heavy (non-hydrogen) atoms. The van der Waals surface area contributed by atoms with E-state index in [1.54, 1.807) is 19.1 Å². The summed E-state index contributed by atoms with van der Waals surface area (Å²) in [5, 5.41) is 9.55. The van der Waals surface area contributed by atoms with Crippen LogP contribution in [0.3, 0.4) is 0 Å². The van der Waals surface area contributed by atoms with Crippen molar-refractivity contribution in [2.45, 2.75) is 17.9 Å². The van der Waals surface area contributed by atoms with Crippen LogP contribution in [0.15, 0.2) is 23.1 Å². The van der Waals surface area contributed by atoms with E-state index in [2.05, 4.69) is 4.90 Å². The van der Waals surface area contributed by atoms with Crippen molar-refractivity contribution in [2.75, 3.05) is 26.4 Å². The zero-order valence-corrected chi connectivity index (χ0v) is 10.7. The van der Waals surface area contributed by atoms with E-state index in [0.717, 1.165) is 12.3 Å². The zero-order valence-electron chi connectivity index (χ0n) is 9.90. The molecule has 90 valence electrons. The van der Waals surface area contributed by atoms with E-state index >= 15 is 0 Å². The second-order valence-corrected chi connectivity index (χ2v) is 5.09. The number of halogens is 1. The summed E-state index contributed by atoms with van der Waals surface area (Å²) in [5.41, 5.74) is 0.670. The Morgan fingerprint density at radius 3 is 2.69 bits per heavy atom. The molecule has 0 fully saturated rings. The molecule has 1 aromatic carbocycles. The predicted molar refractivity (Wildman–Crippen MR) is 66.3 cm³/mol. The van der Waals surface area contributed by atoms with Gasteiger partial charge in [0.25, 0.3) is 0 Å². The maximum Gasteiger partial charge on any atom is 0.137 e. The molecule has 0 radical (unpaired) electrons. The Labute approximate surface area is 100 Å². The predicted octanol–water partition coefficient (Wildman–Crippen LogP) is 2.53. The molecule has 0 aromatic heterocycles. The molecular formula is C12H18FNOS. The van der Waals surface area contributed by atoms with Crippen LogP contribution in [0.25, 0.3) is 0 Å². The second-order valence-electron chi connectivity index (χ2n) is 3.99. The quantitative estimate of drug-likeness (QED) is 0.804. The average Bonchev–Trinajstić information content (AvgIpc) is 2.19. The maximum absolute atomic E-state index is 13.6.